The number of hydrogen-bond acceptors (Lipinski definition) is 4. The van der Waals surface area contributed by atoms with E-state index in [0.29, 0.717) is 5.75 Å². The van der Waals surface area contributed by atoms with Crippen LogP contribution in [0, 0.1) is 0 Å². The number of nitrogens with zero attached hydrogens (tertiary/aromatic N) is 1. The van der Waals surface area contributed by atoms with Gasteiger partial charge in [-0.2, -0.15) is 0 Å². The van der Waals surface area contributed by atoms with Crippen molar-refractivity contribution in [2.45, 2.75) is 70.8 Å². The SMILES string of the molecule is CCCCCCCCCC[C@@H](C(=O)Oc1ccc(O)cc1)N(C)C. The van der Waals surface area contributed by atoms with Gasteiger partial charge >= 0.3 is 5.97 Å². The van der Waals surface area contributed by atoms with Gasteiger partial charge in [-0.15, -0.1) is 0 Å². The summed E-state index contributed by atoms with van der Waals surface area (Å²) in [5.74, 6) is 0.409. The van der Waals surface area contributed by atoms with Crippen LogP contribution in [0.25, 0.3) is 0 Å². The molecule has 0 aliphatic carbocycles. The summed E-state index contributed by atoms with van der Waals surface area (Å²) in [5, 5.41) is 9.27. The van der Waals surface area contributed by atoms with E-state index in [1.807, 2.05) is 19.0 Å². The Kier molecular flexibility index (Phi) is 10.2. The molecule has 0 saturated carbocycles. The first-order valence-corrected chi connectivity index (χ1v) is 9.21. The molecule has 1 aromatic rings. The molecule has 4 heteroatoms. The molecule has 0 fully saturated rings. The largest absolute Gasteiger partial charge is 0.508 e. The standard InChI is InChI=1S/C20H33NO3/c1-4-5-6-7-8-9-10-11-12-19(21(2)3)20(23)24-18-15-13-17(22)14-16-18/h13-16,19,22H,4-12H2,1-3H3/t19-/m0/s1. The summed E-state index contributed by atoms with van der Waals surface area (Å²) >= 11 is 0. The van der Waals surface area contributed by atoms with E-state index < -0.39 is 0 Å². The number of hydrogen-bond donors (Lipinski definition) is 1. The maximum atomic E-state index is 12.4. The highest BCUT2D eigenvalue weighted by atomic mass is 16.5. The van der Waals surface area contributed by atoms with Gasteiger partial charge in [0.05, 0.1) is 0 Å². The zero-order valence-electron chi connectivity index (χ0n) is 15.5. The van der Waals surface area contributed by atoms with Gasteiger partial charge in [0.2, 0.25) is 0 Å². The summed E-state index contributed by atoms with van der Waals surface area (Å²) in [6.45, 7) is 2.23. The van der Waals surface area contributed by atoms with Crippen LogP contribution in [0.2, 0.25) is 0 Å². The van der Waals surface area contributed by atoms with Gasteiger partial charge in [0.15, 0.2) is 0 Å². The van der Waals surface area contributed by atoms with Crippen LogP contribution in [0.1, 0.15) is 64.7 Å². The predicted molar refractivity (Wildman–Crippen MR) is 98.4 cm³/mol. The van der Waals surface area contributed by atoms with Gasteiger partial charge in [0.1, 0.15) is 17.5 Å². The zero-order chi connectivity index (χ0) is 17.8. The molecule has 1 atom stereocenters. The molecule has 0 aliphatic rings. The number of benzene rings is 1. The molecule has 0 aliphatic heterocycles. The Balaban J connectivity index is 2.30. The van der Waals surface area contributed by atoms with Gasteiger partial charge in [-0.05, 0) is 44.8 Å². The quantitative estimate of drug-likeness (QED) is 0.340. The molecule has 0 radical (unpaired) electrons. The van der Waals surface area contributed by atoms with Crippen molar-refractivity contribution in [3.05, 3.63) is 24.3 Å². The van der Waals surface area contributed by atoms with E-state index in [0.717, 1.165) is 12.8 Å². The van der Waals surface area contributed by atoms with Crippen molar-refractivity contribution in [2.75, 3.05) is 14.1 Å². The Morgan fingerprint density at radius 2 is 1.54 bits per heavy atom. The molecule has 0 aromatic heterocycles. The Bertz CT molecular complexity index is 456. The van der Waals surface area contributed by atoms with E-state index in [1.54, 1.807) is 12.1 Å². The minimum atomic E-state index is -0.228. The number of phenolic OH excluding ortho intramolecular Hbond substituents is 1. The smallest absolute Gasteiger partial charge is 0.328 e. The molecule has 0 saturated heterocycles. The molecule has 1 rings (SSSR count). The number of carbonyl (C=O) groups is 1. The zero-order valence-corrected chi connectivity index (χ0v) is 15.5. The topological polar surface area (TPSA) is 49.8 Å². The fourth-order valence-corrected chi connectivity index (χ4v) is 2.76. The maximum Gasteiger partial charge on any atom is 0.328 e. The highest BCUT2D eigenvalue weighted by molar-refractivity contribution is 5.78. The minimum Gasteiger partial charge on any atom is -0.508 e. The summed E-state index contributed by atoms with van der Waals surface area (Å²) < 4.78 is 5.42. The molecular formula is C20H33NO3. The van der Waals surface area contributed by atoms with Gasteiger partial charge in [-0.1, -0.05) is 58.3 Å². The average Bonchev–Trinajstić information content (AvgIpc) is 2.55. The number of esters is 1. The second kappa shape index (κ2) is 11.9. The monoisotopic (exact) mass is 335 g/mol. The van der Waals surface area contributed by atoms with E-state index in [4.69, 9.17) is 4.74 Å². The van der Waals surface area contributed by atoms with Gasteiger partial charge in [0.25, 0.3) is 0 Å². The molecular weight excluding hydrogens is 302 g/mol. The number of carbonyl (C=O) groups excluding carboxylic acids is 1. The third-order valence-corrected chi connectivity index (χ3v) is 4.28. The highest BCUT2D eigenvalue weighted by Gasteiger charge is 2.22. The first-order valence-electron chi connectivity index (χ1n) is 9.21. The van der Waals surface area contributed by atoms with Gasteiger partial charge < -0.3 is 9.84 Å². The lowest BCUT2D eigenvalue weighted by molar-refractivity contribution is -0.139. The van der Waals surface area contributed by atoms with Crippen LogP contribution < -0.4 is 4.74 Å². The molecule has 0 amide bonds. The van der Waals surface area contributed by atoms with Crippen LogP contribution in [-0.2, 0) is 4.79 Å². The summed E-state index contributed by atoms with van der Waals surface area (Å²) in [6.07, 6.45) is 10.9. The van der Waals surface area contributed by atoms with Gasteiger partial charge in [-0.25, -0.2) is 4.79 Å². The first kappa shape index (κ1) is 20.5. The van der Waals surface area contributed by atoms with Crippen LogP contribution in [0.15, 0.2) is 24.3 Å². The Morgan fingerprint density at radius 1 is 1.00 bits per heavy atom. The molecule has 0 spiro atoms. The second-order valence-corrected chi connectivity index (χ2v) is 6.66. The summed E-state index contributed by atoms with van der Waals surface area (Å²) in [4.78, 5) is 14.3. The maximum absolute atomic E-state index is 12.4. The molecule has 1 aromatic carbocycles. The van der Waals surface area contributed by atoms with Crippen molar-refractivity contribution < 1.29 is 14.6 Å². The number of aromatic hydroxyl groups is 1. The number of phenols is 1. The third kappa shape index (κ3) is 8.34. The molecule has 0 heterocycles. The van der Waals surface area contributed by atoms with E-state index in [1.165, 1.54) is 57.1 Å². The summed E-state index contributed by atoms with van der Waals surface area (Å²) in [7, 11) is 3.82. The van der Waals surface area contributed by atoms with E-state index >= 15 is 0 Å². The molecule has 0 bridgehead atoms. The van der Waals surface area contributed by atoms with Crippen LogP contribution in [0.4, 0.5) is 0 Å². The van der Waals surface area contributed by atoms with Crippen LogP contribution >= 0.6 is 0 Å². The fourth-order valence-electron chi connectivity index (χ4n) is 2.76. The van der Waals surface area contributed by atoms with Gasteiger partial charge in [-0.3, -0.25) is 4.90 Å². The molecule has 4 nitrogen and oxygen atoms in total. The Labute approximate surface area is 146 Å². The fraction of sp³-hybridized carbons (Fsp3) is 0.650. The third-order valence-electron chi connectivity index (χ3n) is 4.28. The molecule has 24 heavy (non-hydrogen) atoms. The highest BCUT2D eigenvalue weighted by Crippen LogP contribution is 2.18. The number of likely N-dealkylation sites (N-methyl/N-ethyl adjacent to an activating group) is 1. The summed E-state index contributed by atoms with van der Waals surface area (Å²) in [6, 6.07) is 6.03. The van der Waals surface area contributed by atoms with Crippen molar-refractivity contribution in [3.63, 3.8) is 0 Å². The van der Waals surface area contributed by atoms with Crippen LogP contribution in [0.5, 0.6) is 11.5 Å². The van der Waals surface area contributed by atoms with Crippen LogP contribution in [0.3, 0.4) is 0 Å². The van der Waals surface area contributed by atoms with Crippen molar-refractivity contribution in [2.24, 2.45) is 0 Å². The average molecular weight is 335 g/mol. The van der Waals surface area contributed by atoms with E-state index in [-0.39, 0.29) is 17.8 Å². The minimum absolute atomic E-state index is 0.165. The number of rotatable bonds is 12. The number of unbranched alkanes of at least 4 members (excludes halogenated alkanes) is 7. The van der Waals surface area contributed by atoms with E-state index in [2.05, 4.69) is 6.92 Å². The molecule has 136 valence electrons. The normalized spacial score (nSPS) is 12.3. The Morgan fingerprint density at radius 3 is 2.08 bits per heavy atom. The number of ether oxygens (including phenoxy) is 1. The van der Waals surface area contributed by atoms with Crippen LogP contribution in [-0.4, -0.2) is 36.1 Å². The first-order chi connectivity index (χ1) is 11.5. The van der Waals surface area contributed by atoms with Crippen molar-refractivity contribution in [1.29, 1.82) is 0 Å². The molecule has 1 N–H and O–H groups in total. The van der Waals surface area contributed by atoms with E-state index in [9.17, 15) is 9.90 Å². The second-order valence-electron chi connectivity index (χ2n) is 6.66. The lowest BCUT2D eigenvalue weighted by atomic mass is 10.0. The predicted octanol–water partition coefficient (Wildman–Crippen LogP) is 4.76. The lowest BCUT2D eigenvalue weighted by Gasteiger charge is -2.22. The summed E-state index contributed by atoms with van der Waals surface area (Å²) in [5.41, 5.74) is 0. The van der Waals surface area contributed by atoms with Crippen molar-refractivity contribution >= 4 is 5.97 Å². The molecule has 0 unspecified atom stereocenters. The van der Waals surface area contributed by atoms with Crippen molar-refractivity contribution in [1.82, 2.24) is 4.90 Å². The van der Waals surface area contributed by atoms with Crippen molar-refractivity contribution in [3.8, 4) is 11.5 Å². The van der Waals surface area contributed by atoms with Gasteiger partial charge in [0, 0.05) is 0 Å². The Hall–Kier alpha value is -1.55. The lowest BCUT2D eigenvalue weighted by Crippen LogP contribution is -2.38.